The summed E-state index contributed by atoms with van der Waals surface area (Å²) in [6.45, 7) is 9.97. The molecular formula is C38H48N2O7. The van der Waals surface area contributed by atoms with Crippen molar-refractivity contribution in [2.45, 2.75) is 83.0 Å². The van der Waals surface area contributed by atoms with E-state index in [4.69, 9.17) is 18.9 Å². The molecule has 5 atom stereocenters. The van der Waals surface area contributed by atoms with E-state index in [9.17, 15) is 14.7 Å². The third-order valence-corrected chi connectivity index (χ3v) is 7.89. The average molecular weight is 645 g/mol. The van der Waals surface area contributed by atoms with Crippen LogP contribution in [0.15, 0.2) is 104 Å². The Hall–Kier alpha value is -3.86. The third-order valence-electron chi connectivity index (χ3n) is 7.89. The summed E-state index contributed by atoms with van der Waals surface area (Å²) in [5.74, 6) is -0.883. The molecule has 0 unspecified atom stereocenters. The summed E-state index contributed by atoms with van der Waals surface area (Å²) in [4.78, 5) is 27.9. The van der Waals surface area contributed by atoms with E-state index in [2.05, 4.69) is 11.9 Å². The van der Waals surface area contributed by atoms with E-state index >= 15 is 0 Å². The lowest BCUT2D eigenvalue weighted by Gasteiger charge is -2.52. The number of aliphatic hydroxyl groups excluding tert-OH is 1. The van der Waals surface area contributed by atoms with Crippen molar-refractivity contribution in [1.82, 2.24) is 10.2 Å². The predicted molar refractivity (Wildman–Crippen MR) is 180 cm³/mol. The molecule has 0 spiro atoms. The van der Waals surface area contributed by atoms with Crippen LogP contribution in [0.25, 0.3) is 0 Å². The molecule has 0 bridgehead atoms. The van der Waals surface area contributed by atoms with Crippen LogP contribution in [-0.4, -0.2) is 77.6 Å². The molecule has 9 heteroatoms. The molecule has 1 amide bonds. The second-order valence-electron chi connectivity index (χ2n) is 12.7. The number of piperidine rings is 1. The van der Waals surface area contributed by atoms with Gasteiger partial charge in [0.05, 0.1) is 32.5 Å². The topological polar surface area (TPSA) is 107 Å². The SMILES string of the molecule is C=CCN1[C@@H](CC(=O)NCC(=O)OC(C)(C)C)[C@H](OCc2ccccc2)[C@@H](OCc2ccccc2)[C@H](OCc2ccccc2)[C@@H]1CO. The van der Waals surface area contributed by atoms with Crippen molar-refractivity contribution in [3.63, 3.8) is 0 Å². The molecule has 1 heterocycles. The first-order chi connectivity index (χ1) is 22.7. The number of carbonyl (C=O) groups is 2. The highest BCUT2D eigenvalue weighted by Crippen LogP contribution is 2.34. The van der Waals surface area contributed by atoms with E-state index in [1.165, 1.54) is 0 Å². The zero-order chi connectivity index (χ0) is 33.6. The van der Waals surface area contributed by atoms with Crippen molar-refractivity contribution < 1.29 is 33.6 Å². The standard InChI is InChI=1S/C38H48N2O7/c1-5-21-40-31(22-33(42)39-23-34(43)47-38(2,3)4)35(44-25-28-15-9-6-10-16-28)37(46-27-30-19-13-8-14-20-30)36(32(40)24-41)45-26-29-17-11-7-12-18-29/h5-20,31-32,35-37,41H,1,21-27H2,2-4H3,(H,39,42)/t31-,32-,35-,36+,37+/m0/s1. The fourth-order valence-electron chi connectivity index (χ4n) is 5.82. The molecule has 3 aromatic rings. The van der Waals surface area contributed by atoms with E-state index in [1.807, 2.05) is 95.9 Å². The lowest BCUT2D eigenvalue weighted by atomic mass is 9.85. The van der Waals surface area contributed by atoms with Crippen molar-refractivity contribution in [3.8, 4) is 0 Å². The van der Waals surface area contributed by atoms with E-state index in [0.717, 1.165) is 16.7 Å². The molecule has 0 saturated carbocycles. The monoisotopic (exact) mass is 644 g/mol. The Morgan fingerprint density at radius 2 is 1.21 bits per heavy atom. The van der Waals surface area contributed by atoms with E-state index < -0.39 is 42.0 Å². The number of hydrogen-bond donors (Lipinski definition) is 2. The number of hydrogen-bond acceptors (Lipinski definition) is 8. The molecule has 1 aliphatic heterocycles. The summed E-state index contributed by atoms with van der Waals surface area (Å²) >= 11 is 0. The van der Waals surface area contributed by atoms with Crippen LogP contribution < -0.4 is 5.32 Å². The number of aliphatic hydroxyl groups is 1. The van der Waals surface area contributed by atoms with Gasteiger partial charge in [-0.3, -0.25) is 14.5 Å². The quantitative estimate of drug-likeness (QED) is 0.169. The Morgan fingerprint density at radius 3 is 1.64 bits per heavy atom. The van der Waals surface area contributed by atoms with Crippen LogP contribution >= 0.6 is 0 Å². The number of rotatable bonds is 16. The molecule has 0 radical (unpaired) electrons. The van der Waals surface area contributed by atoms with Crippen molar-refractivity contribution in [3.05, 3.63) is 120 Å². The molecule has 252 valence electrons. The minimum atomic E-state index is -0.672. The smallest absolute Gasteiger partial charge is 0.325 e. The Bertz CT molecular complexity index is 1380. The maximum Gasteiger partial charge on any atom is 0.325 e. The van der Waals surface area contributed by atoms with Gasteiger partial charge in [-0.1, -0.05) is 97.1 Å². The van der Waals surface area contributed by atoms with Crippen LogP contribution in [0.2, 0.25) is 0 Å². The van der Waals surface area contributed by atoms with Gasteiger partial charge in [-0.25, -0.2) is 0 Å². The molecule has 0 aromatic heterocycles. The highest BCUT2D eigenvalue weighted by molar-refractivity contribution is 5.82. The molecule has 1 saturated heterocycles. The van der Waals surface area contributed by atoms with Crippen LogP contribution in [0.4, 0.5) is 0 Å². The van der Waals surface area contributed by atoms with Gasteiger partial charge in [0.15, 0.2) is 0 Å². The normalized spacial score (nSPS) is 21.6. The van der Waals surface area contributed by atoms with Gasteiger partial charge in [0.2, 0.25) is 5.91 Å². The summed E-state index contributed by atoms with van der Waals surface area (Å²) in [5.41, 5.74) is 2.24. The van der Waals surface area contributed by atoms with Crippen LogP contribution in [-0.2, 0) is 48.4 Å². The predicted octanol–water partition coefficient (Wildman–Crippen LogP) is 4.82. The highest BCUT2D eigenvalue weighted by Gasteiger charge is 2.51. The first-order valence-corrected chi connectivity index (χ1v) is 16.1. The number of benzene rings is 3. The van der Waals surface area contributed by atoms with Gasteiger partial charge in [-0.2, -0.15) is 0 Å². The van der Waals surface area contributed by atoms with Gasteiger partial charge in [0.25, 0.3) is 0 Å². The zero-order valence-electron chi connectivity index (χ0n) is 27.6. The van der Waals surface area contributed by atoms with Gasteiger partial charge in [-0.05, 0) is 37.5 Å². The second kappa shape index (κ2) is 17.9. The Kier molecular flexibility index (Phi) is 13.7. The maximum absolute atomic E-state index is 13.5. The van der Waals surface area contributed by atoms with Gasteiger partial charge in [-0.15, -0.1) is 6.58 Å². The van der Waals surface area contributed by atoms with Crippen molar-refractivity contribution in [2.24, 2.45) is 0 Å². The minimum Gasteiger partial charge on any atom is -0.459 e. The number of nitrogens with zero attached hydrogens (tertiary/aromatic N) is 1. The zero-order valence-corrected chi connectivity index (χ0v) is 27.6. The second-order valence-corrected chi connectivity index (χ2v) is 12.7. The van der Waals surface area contributed by atoms with Gasteiger partial charge < -0.3 is 29.4 Å². The van der Waals surface area contributed by atoms with Crippen LogP contribution in [0, 0.1) is 0 Å². The number of carbonyl (C=O) groups excluding carboxylic acids is 2. The molecule has 2 N–H and O–H groups in total. The molecule has 9 nitrogen and oxygen atoms in total. The molecule has 0 aliphatic carbocycles. The van der Waals surface area contributed by atoms with Gasteiger partial charge in [0.1, 0.15) is 30.5 Å². The van der Waals surface area contributed by atoms with E-state index in [1.54, 1.807) is 26.8 Å². The number of nitrogens with one attached hydrogen (secondary N) is 1. The molecular weight excluding hydrogens is 596 g/mol. The summed E-state index contributed by atoms with van der Waals surface area (Å²) < 4.78 is 25.4. The van der Waals surface area contributed by atoms with Crippen molar-refractivity contribution >= 4 is 11.9 Å². The number of amides is 1. The highest BCUT2D eigenvalue weighted by atomic mass is 16.6. The molecule has 1 aliphatic rings. The number of ether oxygens (including phenoxy) is 4. The fraction of sp³-hybridized carbons (Fsp3) is 0.421. The number of esters is 1. The molecule has 4 rings (SSSR count). The first-order valence-electron chi connectivity index (χ1n) is 16.1. The van der Waals surface area contributed by atoms with Crippen molar-refractivity contribution in [1.29, 1.82) is 0 Å². The van der Waals surface area contributed by atoms with E-state index in [0.29, 0.717) is 13.2 Å². The van der Waals surface area contributed by atoms with Crippen LogP contribution in [0.1, 0.15) is 43.9 Å². The molecule has 47 heavy (non-hydrogen) atoms. The Labute approximate surface area is 278 Å². The fourth-order valence-corrected chi connectivity index (χ4v) is 5.82. The maximum atomic E-state index is 13.5. The lowest BCUT2D eigenvalue weighted by molar-refractivity contribution is -0.226. The van der Waals surface area contributed by atoms with Gasteiger partial charge >= 0.3 is 5.97 Å². The summed E-state index contributed by atoms with van der Waals surface area (Å²) in [7, 11) is 0. The molecule has 3 aromatic carbocycles. The lowest BCUT2D eigenvalue weighted by Crippen LogP contribution is -2.69. The van der Waals surface area contributed by atoms with Crippen molar-refractivity contribution in [2.75, 3.05) is 19.7 Å². The largest absolute Gasteiger partial charge is 0.459 e. The Morgan fingerprint density at radius 1 is 0.766 bits per heavy atom. The number of likely N-dealkylation sites (tertiary alicyclic amines) is 1. The average Bonchev–Trinajstić information content (AvgIpc) is 3.06. The Balaban J connectivity index is 1.67. The summed E-state index contributed by atoms with van der Waals surface area (Å²) in [5, 5.41) is 13.6. The minimum absolute atomic E-state index is 0.0246. The van der Waals surface area contributed by atoms with Crippen LogP contribution in [0.3, 0.4) is 0 Å². The third kappa shape index (κ3) is 11.1. The summed E-state index contributed by atoms with van der Waals surface area (Å²) in [6, 6.07) is 28.3. The summed E-state index contributed by atoms with van der Waals surface area (Å²) in [6.07, 6.45) is -0.226. The van der Waals surface area contributed by atoms with Crippen LogP contribution in [0.5, 0.6) is 0 Å². The van der Waals surface area contributed by atoms with Gasteiger partial charge in [0, 0.05) is 19.0 Å². The van der Waals surface area contributed by atoms with E-state index in [-0.39, 0.29) is 38.7 Å². The molecule has 1 fully saturated rings. The first kappa shape index (κ1) is 36.0.